The molecule has 1 unspecified atom stereocenters. The van der Waals surface area contributed by atoms with Crippen LogP contribution in [0.25, 0.3) is 0 Å². The Kier molecular flexibility index (Phi) is 5.99. The van der Waals surface area contributed by atoms with Crippen LogP contribution in [0, 0.1) is 0 Å². The van der Waals surface area contributed by atoms with Crippen molar-refractivity contribution < 1.29 is 9.90 Å². The molecule has 0 fully saturated rings. The fourth-order valence-corrected chi connectivity index (χ4v) is 2.04. The Balaban J connectivity index is 2.77. The van der Waals surface area contributed by atoms with E-state index in [1.165, 1.54) is 12.8 Å². The van der Waals surface area contributed by atoms with Crippen LogP contribution in [0.5, 0.6) is 0 Å². The van der Waals surface area contributed by atoms with E-state index in [1.54, 1.807) is 12.1 Å². The van der Waals surface area contributed by atoms with Gasteiger partial charge in [-0.3, -0.25) is 0 Å². The second kappa shape index (κ2) is 7.27. The Morgan fingerprint density at radius 1 is 1.44 bits per heavy atom. The number of hydrogen-bond acceptors (Lipinski definition) is 2. The van der Waals surface area contributed by atoms with Gasteiger partial charge in [-0.05, 0) is 31.0 Å². The highest BCUT2D eigenvalue weighted by Crippen LogP contribution is 2.22. The average Bonchev–Trinajstić information content (AvgIpc) is 2.36. The van der Waals surface area contributed by atoms with Crippen LogP contribution in [0.15, 0.2) is 18.2 Å². The molecule has 0 spiro atoms. The van der Waals surface area contributed by atoms with Crippen LogP contribution in [-0.4, -0.2) is 17.1 Å². The minimum atomic E-state index is -0.995. The average molecular weight is 270 g/mol. The van der Waals surface area contributed by atoms with Crippen molar-refractivity contribution in [1.82, 2.24) is 0 Å². The molecule has 0 radical (unpaired) electrons. The van der Waals surface area contributed by atoms with Crippen LogP contribution >= 0.6 is 11.6 Å². The van der Waals surface area contributed by atoms with Gasteiger partial charge in [0.1, 0.15) is 0 Å². The van der Waals surface area contributed by atoms with Gasteiger partial charge in [0.15, 0.2) is 0 Å². The largest absolute Gasteiger partial charge is 0.478 e. The molecule has 1 atom stereocenters. The summed E-state index contributed by atoms with van der Waals surface area (Å²) in [5.41, 5.74) is 0.965. The predicted molar refractivity (Wildman–Crippen MR) is 75.6 cm³/mol. The molecule has 0 aromatic heterocycles. The third-order valence-corrected chi connectivity index (χ3v) is 3.30. The van der Waals surface area contributed by atoms with Crippen LogP contribution in [0.1, 0.15) is 49.9 Å². The van der Waals surface area contributed by atoms with Crippen molar-refractivity contribution in [2.45, 2.75) is 45.6 Å². The van der Waals surface area contributed by atoms with E-state index in [0.29, 0.717) is 6.04 Å². The zero-order valence-corrected chi connectivity index (χ0v) is 11.6. The summed E-state index contributed by atoms with van der Waals surface area (Å²) in [4.78, 5) is 11.0. The second-order valence-electron chi connectivity index (χ2n) is 4.39. The van der Waals surface area contributed by atoms with Crippen LogP contribution in [0.3, 0.4) is 0 Å². The molecule has 0 bridgehead atoms. The number of carbonyl (C=O) groups is 1. The van der Waals surface area contributed by atoms with Gasteiger partial charge >= 0.3 is 5.97 Å². The molecular weight excluding hydrogens is 250 g/mol. The first-order valence-corrected chi connectivity index (χ1v) is 6.75. The van der Waals surface area contributed by atoms with Gasteiger partial charge in [0.2, 0.25) is 0 Å². The normalized spacial score (nSPS) is 12.2. The molecule has 0 aliphatic heterocycles. The van der Waals surface area contributed by atoms with Gasteiger partial charge in [-0.15, -0.1) is 0 Å². The van der Waals surface area contributed by atoms with Gasteiger partial charge in [-0.25, -0.2) is 4.79 Å². The molecule has 0 amide bonds. The third-order valence-electron chi connectivity index (χ3n) is 2.97. The third kappa shape index (κ3) is 4.22. The predicted octanol–water partition coefficient (Wildman–Crippen LogP) is 4.42. The molecule has 18 heavy (non-hydrogen) atoms. The molecule has 0 aliphatic rings. The van der Waals surface area contributed by atoms with Crippen molar-refractivity contribution in [2.24, 2.45) is 0 Å². The Morgan fingerprint density at radius 3 is 2.72 bits per heavy atom. The van der Waals surface area contributed by atoms with Gasteiger partial charge < -0.3 is 10.4 Å². The summed E-state index contributed by atoms with van der Waals surface area (Å²) < 4.78 is 0. The molecule has 0 aliphatic carbocycles. The molecule has 1 aromatic carbocycles. The highest BCUT2D eigenvalue weighted by Gasteiger charge is 2.11. The maximum atomic E-state index is 11.0. The van der Waals surface area contributed by atoms with Crippen LogP contribution in [0.4, 0.5) is 5.69 Å². The molecule has 3 nitrogen and oxygen atoms in total. The van der Waals surface area contributed by atoms with Crippen molar-refractivity contribution in [3.05, 3.63) is 28.8 Å². The number of aromatic carboxylic acids is 1. The highest BCUT2D eigenvalue weighted by molar-refractivity contribution is 6.33. The molecule has 2 N–H and O–H groups in total. The Morgan fingerprint density at radius 2 is 2.17 bits per heavy atom. The summed E-state index contributed by atoms with van der Waals surface area (Å²) in [6.07, 6.45) is 4.45. The quantitative estimate of drug-likeness (QED) is 0.770. The van der Waals surface area contributed by atoms with E-state index in [4.69, 9.17) is 16.7 Å². The highest BCUT2D eigenvalue weighted by atomic mass is 35.5. The molecule has 1 aromatic rings. The fourth-order valence-electron chi connectivity index (χ4n) is 1.84. The Bertz CT molecular complexity index is 407. The molecule has 0 heterocycles. The zero-order valence-electron chi connectivity index (χ0n) is 10.9. The number of nitrogens with one attached hydrogen (secondary N) is 1. The Hall–Kier alpha value is -1.22. The summed E-state index contributed by atoms with van der Waals surface area (Å²) in [6.45, 7) is 4.29. The number of rotatable bonds is 7. The van der Waals surface area contributed by atoms with Gasteiger partial charge in [-0.1, -0.05) is 38.3 Å². The van der Waals surface area contributed by atoms with Crippen molar-refractivity contribution in [3.63, 3.8) is 0 Å². The number of carboxylic acids is 1. The lowest BCUT2D eigenvalue weighted by Crippen LogP contribution is -2.18. The number of halogens is 1. The van der Waals surface area contributed by atoms with E-state index in [1.807, 2.05) is 6.07 Å². The number of hydrogen-bond donors (Lipinski definition) is 2. The lowest BCUT2D eigenvalue weighted by molar-refractivity contribution is 0.0697. The lowest BCUT2D eigenvalue weighted by Gasteiger charge is -2.18. The molecule has 1 rings (SSSR count). The fraction of sp³-hybridized carbons (Fsp3) is 0.500. The van der Waals surface area contributed by atoms with E-state index in [0.717, 1.165) is 18.5 Å². The molecule has 4 heteroatoms. The molecule has 0 saturated heterocycles. The van der Waals surface area contributed by atoms with E-state index < -0.39 is 5.97 Å². The SMILES string of the molecule is CCCCC(CC)Nc1ccc(Cl)c(C(=O)O)c1. The van der Waals surface area contributed by atoms with Crippen LogP contribution in [-0.2, 0) is 0 Å². The molecule has 0 saturated carbocycles. The maximum absolute atomic E-state index is 11.0. The van der Waals surface area contributed by atoms with Gasteiger partial charge in [0.05, 0.1) is 10.6 Å². The van der Waals surface area contributed by atoms with Crippen molar-refractivity contribution in [3.8, 4) is 0 Å². The van der Waals surface area contributed by atoms with E-state index >= 15 is 0 Å². The smallest absolute Gasteiger partial charge is 0.337 e. The summed E-state index contributed by atoms with van der Waals surface area (Å²) in [5.74, 6) is -0.995. The second-order valence-corrected chi connectivity index (χ2v) is 4.80. The van der Waals surface area contributed by atoms with E-state index in [2.05, 4.69) is 19.2 Å². The standard InChI is InChI=1S/C14H20ClNO2/c1-3-5-6-10(4-2)16-11-7-8-13(15)12(9-11)14(17)18/h7-10,16H,3-6H2,1-2H3,(H,17,18). The molecule has 100 valence electrons. The van der Waals surface area contributed by atoms with E-state index in [-0.39, 0.29) is 10.6 Å². The first-order chi connectivity index (χ1) is 8.58. The zero-order chi connectivity index (χ0) is 13.5. The summed E-state index contributed by atoms with van der Waals surface area (Å²) in [7, 11) is 0. The molecular formula is C14H20ClNO2. The number of benzene rings is 1. The maximum Gasteiger partial charge on any atom is 0.337 e. The monoisotopic (exact) mass is 269 g/mol. The van der Waals surface area contributed by atoms with Crippen molar-refractivity contribution in [2.75, 3.05) is 5.32 Å². The van der Waals surface area contributed by atoms with E-state index in [9.17, 15) is 4.79 Å². The topological polar surface area (TPSA) is 49.3 Å². The number of unbranched alkanes of at least 4 members (excludes halogenated alkanes) is 1. The minimum absolute atomic E-state index is 0.145. The first-order valence-electron chi connectivity index (χ1n) is 6.37. The summed E-state index contributed by atoms with van der Waals surface area (Å²) in [6, 6.07) is 5.43. The minimum Gasteiger partial charge on any atom is -0.478 e. The van der Waals surface area contributed by atoms with Crippen LogP contribution < -0.4 is 5.32 Å². The first kappa shape index (κ1) is 14.8. The Labute approximate surface area is 113 Å². The number of anilines is 1. The van der Waals surface area contributed by atoms with Gasteiger partial charge in [0, 0.05) is 11.7 Å². The van der Waals surface area contributed by atoms with Crippen molar-refractivity contribution in [1.29, 1.82) is 0 Å². The van der Waals surface area contributed by atoms with Crippen LogP contribution in [0.2, 0.25) is 5.02 Å². The van der Waals surface area contributed by atoms with Gasteiger partial charge in [0.25, 0.3) is 0 Å². The summed E-state index contributed by atoms with van der Waals surface area (Å²) >= 11 is 5.84. The summed E-state index contributed by atoms with van der Waals surface area (Å²) in [5, 5.41) is 12.6. The van der Waals surface area contributed by atoms with Crippen molar-refractivity contribution >= 4 is 23.3 Å². The lowest BCUT2D eigenvalue weighted by atomic mass is 10.1. The number of carboxylic acid groups (broad SMARTS) is 1. The van der Waals surface area contributed by atoms with Gasteiger partial charge in [-0.2, -0.15) is 0 Å².